The average Bonchev–Trinajstić information content (AvgIpc) is 1.98. The zero-order valence-corrected chi connectivity index (χ0v) is 6.59. The SMILES string of the molecule is C/C(=N\OCCl)C(=O)C(N)=O. The molecule has 0 fully saturated rings. The normalized spacial score (nSPS) is 10.9. The third-order valence-corrected chi connectivity index (χ3v) is 0.900. The summed E-state index contributed by atoms with van der Waals surface area (Å²) in [6.45, 7) is 1.31. The van der Waals surface area contributed by atoms with E-state index < -0.39 is 11.7 Å². The van der Waals surface area contributed by atoms with Crippen LogP contribution in [0.25, 0.3) is 0 Å². The Morgan fingerprint density at radius 1 is 1.64 bits per heavy atom. The zero-order valence-electron chi connectivity index (χ0n) is 5.83. The van der Waals surface area contributed by atoms with Crippen molar-refractivity contribution in [1.82, 2.24) is 0 Å². The molecule has 0 aliphatic carbocycles. The second kappa shape index (κ2) is 4.68. The molecule has 0 radical (unpaired) electrons. The van der Waals surface area contributed by atoms with Crippen molar-refractivity contribution < 1.29 is 14.4 Å². The molecule has 0 atom stereocenters. The predicted molar refractivity (Wildman–Crippen MR) is 39.1 cm³/mol. The van der Waals surface area contributed by atoms with E-state index in [1.807, 2.05) is 0 Å². The van der Waals surface area contributed by atoms with Crippen LogP contribution in [-0.4, -0.2) is 23.5 Å². The monoisotopic (exact) mass is 178 g/mol. The van der Waals surface area contributed by atoms with E-state index in [0.29, 0.717) is 0 Å². The molecule has 0 aromatic heterocycles. The molecule has 0 unspecified atom stereocenters. The lowest BCUT2D eigenvalue weighted by Crippen LogP contribution is -2.28. The van der Waals surface area contributed by atoms with Gasteiger partial charge in [-0.15, -0.1) is 0 Å². The van der Waals surface area contributed by atoms with Gasteiger partial charge in [-0.25, -0.2) is 0 Å². The minimum atomic E-state index is -1.07. The van der Waals surface area contributed by atoms with E-state index in [9.17, 15) is 9.59 Å². The molecule has 0 aliphatic heterocycles. The molecule has 0 rings (SSSR count). The van der Waals surface area contributed by atoms with Crippen LogP contribution in [0.5, 0.6) is 0 Å². The van der Waals surface area contributed by atoms with Crippen LogP contribution in [0.1, 0.15) is 6.92 Å². The van der Waals surface area contributed by atoms with Crippen LogP contribution in [0, 0.1) is 0 Å². The van der Waals surface area contributed by atoms with Crippen molar-refractivity contribution in [2.24, 2.45) is 10.9 Å². The number of carbonyl (C=O) groups is 2. The van der Waals surface area contributed by atoms with Crippen molar-refractivity contribution in [2.75, 3.05) is 6.07 Å². The maximum Gasteiger partial charge on any atom is 0.291 e. The molecule has 0 heterocycles. The molecule has 2 N–H and O–H groups in total. The van der Waals surface area contributed by atoms with E-state index in [0.717, 1.165) is 0 Å². The minimum Gasteiger partial charge on any atom is -0.379 e. The van der Waals surface area contributed by atoms with Gasteiger partial charge in [0.05, 0.1) is 0 Å². The molecule has 0 aromatic carbocycles. The van der Waals surface area contributed by atoms with Gasteiger partial charge in [-0.05, 0) is 6.92 Å². The van der Waals surface area contributed by atoms with E-state index in [-0.39, 0.29) is 11.8 Å². The summed E-state index contributed by atoms with van der Waals surface area (Å²) in [5, 5.41) is 3.20. The fraction of sp³-hybridized carbons (Fsp3) is 0.400. The standard InChI is InChI=1S/C5H7ClN2O3/c1-3(8-11-2-6)4(9)5(7)10/h2H2,1H3,(H2,7,10)/b8-3+. The third-order valence-electron chi connectivity index (χ3n) is 0.803. The van der Waals surface area contributed by atoms with Gasteiger partial charge >= 0.3 is 0 Å². The number of nitrogens with two attached hydrogens (primary N) is 1. The first-order chi connectivity index (χ1) is 5.09. The molecule has 0 spiro atoms. The van der Waals surface area contributed by atoms with E-state index in [1.165, 1.54) is 6.92 Å². The number of alkyl halides is 1. The van der Waals surface area contributed by atoms with Gasteiger partial charge in [-0.1, -0.05) is 16.8 Å². The van der Waals surface area contributed by atoms with Gasteiger partial charge in [0.25, 0.3) is 11.7 Å². The Morgan fingerprint density at radius 3 is 2.55 bits per heavy atom. The van der Waals surface area contributed by atoms with Gasteiger partial charge in [-0.3, -0.25) is 9.59 Å². The Kier molecular flexibility index (Phi) is 4.21. The largest absolute Gasteiger partial charge is 0.379 e. The molecule has 6 heteroatoms. The van der Waals surface area contributed by atoms with Crippen LogP contribution < -0.4 is 5.73 Å². The van der Waals surface area contributed by atoms with Crippen molar-refractivity contribution in [3.8, 4) is 0 Å². The fourth-order valence-electron chi connectivity index (χ4n) is 0.341. The Morgan fingerprint density at radius 2 is 2.18 bits per heavy atom. The number of amides is 1. The van der Waals surface area contributed by atoms with Gasteiger partial charge in [0.1, 0.15) is 5.71 Å². The second-order valence-electron chi connectivity index (χ2n) is 1.61. The van der Waals surface area contributed by atoms with E-state index in [2.05, 4.69) is 15.7 Å². The molecule has 1 amide bonds. The summed E-state index contributed by atoms with van der Waals surface area (Å²) in [5.41, 5.74) is 4.54. The summed E-state index contributed by atoms with van der Waals surface area (Å²) < 4.78 is 0. The van der Waals surface area contributed by atoms with Crippen molar-refractivity contribution >= 4 is 29.0 Å². The number of carbonyl (C=O) groups excluding carboxylic acids is 2. The number of Topliss-reactive ketones (excluding diaryl/α,β-unsaturated/α-hetero) is 1. The third kappa shape index (κ3) is 3.57. The summed E-state index contributed by atoms with van der Waals surface area (Å²) in [6, 6.07) is -0.177. The summed E-state index contributed by atoms with van der Waals surface area (Å²) >= 11 is 5.07. The maximum absolute atomic E-state index is 10.6. The van der Waals surface area contributed by atoms with Crippen LogP contribution in [0.3, 0.4) is 0 Å². The van der Waals surface area contributed by atoms with Crippen molar-refractivity contribution in [3.05, 3.63) is 0 Å². The molecular formula is C5H7ClN2O3. The highest BCUT2D eigenvalue weighted by Crippen LogP contribution is 1.85. The molecule has 0 saturated carbocycles. The van der Waals surface area contributed by atoms with Gasteiger partial charge in [0.15, 0.2) is 6.07 Å². The lowest BCUT2D eigenvalue weighted by Gasteiger charge is -1.93. The number of halogens is 1. The average molecular weight is 179 g/mol. The first kappa shape index (κ1) is 9.90. The fourth-order valence-corrected chi connectivity index (χ4v) is 0.390. The smallest absolute Gasteiger partial charge is 0.291 e. The van der Waals surface area contributed by atoms with Crippen molar-refractivity contribution in [3.63, 3.8) is 0 Å². The number of ketones is 1. The Bertz CT molecular complexity index is 202. The molecule has 0 aliphatic rings. The number of primary amides is 1. The lowest BCUT2D eigenvalue weighted by atomic mass is 10.3. The molecule has 5 nitrogen and oxygen atoms in total. The van der Waals surface area contributed by atoms with E-state index in [1.54, 1.807) is 0 Å². The van der Waals surface area contributed by atoms with Gasteiger partial charge in [0.2, 0.25) is 0 Å². The van der Waals surface area contributed by atoms with Crippen LogP contribution in [0.2, 0.25) is 0 Å². The molecule has 11 heavy (non-hydrogen) atoms. The van der Waals surface area contributed by atoms with Gasteiger partial charge in [0, 0.05) is 0 Å². The van der Waals surface area contributed by atoms with Crippen molar-refractivity contribution in [1.29, 1.82) is 0 Å². The predicted octanol–water partition coefficient (Wildman–Crippen LogP) is -0.370. The number of oxime groups is 1. The van der Waals surface area contributed by atoms with E-state index >= 15 is 0 Å². The topological polar surface area (TPSA) is 81.8 Å². The van der Waals surface area contributed by atoms with Gasteiger partial charge < -0.3 is 10.6 Å². The second-order valence-corrected chi connectivity index (χ2v) is 1.83. The molecule has 0 bridgehead atoms. The Labute approximate surface area is 68.1 Å². The highest BCUT2D eigenvalue weighted by atomic mass is 35.5. The van der Waals surface area contributed by atoms with Crippen LogP contribution in [-0.2, 0) is 14.4 Å². The summed E-state index contributed by atoms with van der Waals surface area (Å²) in [4.78, 5) is 25.1. The minimum absolute atomic E-state index is 0.113. The number of hydrogen-bond donors (Lipinski definition) is 1. The number of rotatable bonds is 4. The van der Waals surface area contributed by atoms with E-state index in [4.69, 9.17) is 11.6 Å². The van der Waals surface area contributed by atoms with Crippen molar-refractivity contribution in [2.45, 2.75) is 6.92 Å². The first-order valence-electron chi connectivity index (χ1n) is 2.66. The number of nitrogens with zero attached hydrogens (tertiary/aromatic N) is 1. The molecule has 62 valence electrons. The molecular weight excluding hydrogens is 172 g/mol. The molecule has 0 aromatic rings. The Hall–Kier alpha value is -1.10. The zero-order chi connectivity index (χ0) is 8.85. The van der Waals surface area contributed by atoms with Gasteiger partial charge in [-0.2, -0.15) is 0 Å². The molecule has 0 saturated heterocycles. The highest BCUT2D eigenvalue weighted by Gasteiger charge is 2.12. The summed E-state index contributed by atoms with van der Waals surface area (Å²) in [5.74, 6) is -1.94. The Balaban J connectivity index is 4.12. The quantitative estimate of drug-likeness (QED) is 0.276. The number of hydrogen-bond acceptors (Lipinski definition) is 4. The summed E-state index contributed by atoms with van der Waals surface area (Å²) in [6.07, 6.45) is 0. The highest BCUT2D eigenvalue weighted by molar-refractivity contribution is 6.63. The van der Waals surface area contributed by atoms with Crippen LogP contribution >= 0.6 is 11.6 Å². The first-order valence-corrected chi connectivity index (χ1v) is 3.19. The maximum atomic E-state index is 10.6. The lowest BCUT2D eigenvalue weighted by molar-refractivity contribution is -0.132. The summed E-state index contributed by atoms with van der Waals surface area (Å²) in [7, 11) is 0. The van der Waals surface area contributed by atoms with Crippen LogP contribution in [0.15, 0.2) is 5.16 Å². The van der Waals surface area contributed by atoms with Crippen LogP contribution in [0.4, 0.5) is 0 Å².